The number of hydrogen-bond acceptors (Lipinski definition) is 4. The van der Waals surface area contributed by atoms with E-state index in [0.29, 0.717) is 10.0 Å². The van der Waals surface area contributed by atoms with Crippen LogP contribution in [0.3, 0.4) is 0 Å². The van der Waals surface area contributed by atoms with Crippen LogP contribution in [-0.4, -0.2) is 15.1 Å². The third kappa shape index (κ3) is 3.40. The Bertz CT molecular complexity index is 835. The Balaban J connectivity index is 2.22. The van der Waals surface area contributed by atoms with Gasteiger partial charge in [-0.3, -0.25) is 13.9 Å². The molecule has 1 heterocycles. The van der Waals surface area contributed by atoms with E-state index in [4.69, 9.17) is 27.9 Å². The van der Waals surface area contributed by atoms with Gasteiger partial charge in [0.25, 0.3) is 5.56 Å². The highest BCUT2D eigenvalue weighted by molar-refractivity contribution is 6.35. The lowest BCUT2D eigenvalue weighted by Gasteiger charge is -2.10. The summed E-state index contributed by atoms with van der Waals surface area (Å²) in [4.78, 5) is 35.3. The van der Waals surface area contributed by atoms with E-state index in [2.05, 4.69) is 0 Å². The first-order chi connectivity index (χ1) is 10.3. The molecule has 1 aromatic carbocycles. The Labute approximate surface area is 135 Å². The first-order valence-electron chi connectivity index (χ1n) is 6.18. The van der Waals surface area contributed by atoms with E-state index in [-0.39, 0.29) is 17.9 Å². The van der Waals surface area contributed by atoms with Gasteiger partial charge < -0.3 is 4.74 Å². The van der Waals surface area contributed by atoms with Crippen molar-refractivity contribution in [3.63, 3.8) is 0 Å². The molecule has 2 aromatic rings. The van der Waals surface area contributed by atoms with Crippen LogP contribution in [-0.2, 0) is 25.4 Å². The second-order valence-corrected chi connectivity index (χ2v) is 5.48. The second kappa shape index (κ2) is 6.37. The maximum atomic E-state index is 12.0. The van der Waals surface area contributed by atoms with Crippen molar-refractivity contribution in [2.24, 2.45) is 14.1 Å². The molecule has 0 saturated carbocycles. The van der Waals surface area contributed by atoms with Crippen molar-refractivity contribution in [1.29, 1.82) is 0 Å². The molecule has 0 spiro atoms. The maximum absolute atomic E-state index is 12.0. The fourth-order valence-corrected chi connectivity index (χ4v) is 2.34. The molecule has 0 amide bonds. The van der Waals surface area contributed by atoms with E-state index in [1.165, 1.54) is 42.9 Å². The third-order valence-corrected chi connectivity index (χ3v) is 3.51. The minimum Gasteiger partial charge on any atom is -0.456 e. The van der Waals surface area contributed by atoms with Gasteiger partial charge in [0.2, 0.25) is 0 Å². The molecule has 22 heavy (non-hydrogen) atoms. The molecule has 6 nitrogen and oxygen atoms in total. The summed E-state index contributed by atoms with van der Waals surface area (Å²) >= 11 is 11.6. The topological polar surface area (TPSA) is 70.3 Å². The Hall–Kier alpha value is -2.05. The molecule has 2 rings (SSSR count). The van der Waals surface area contributed by atoms with Gasteiger partial charge in [-0.2, -0.15) is 0 Å². The number of esters is 1. The summed E-state index contributed by atoms with van der Waals surface area (Å²) in [6, 6.07) is 5.56. The van der Waals surface area contributed by atoms with Crippen LogP contribution in [0.2, 0.25) is 10.0 Å². The number of rotatable bonds is 3. The lowest BCUT2D eigenvalue weighted by Crippen LogP contribution is -2.38. The van der Waals surface area contributed by atoms with Crippen LogP contribution < -0.4 is 11.2 Å². The fraction of sp³-hybridized carbons (Fsp3) is 0.214. The first kappa shape index (κ1) is 16.3. The summed E-state index contributed by atoms with van der Waals surface area (Å²) in [6.45, 7) is -0.217. The van der Waals surface area contributed by atoms with Crippen molar-refractivity contribution >= 4 is 29.2 Å². The van der Waals surface area contributed by atoms with Crippen molar-refractivity contribution in [3.05, 3.63) is 66.4 Å². The van der Waals surface area contributed by atoms with E-state index in [1.54, 1.807) is 0 Å². The fourth-order valence-electron chi connectivity index (χ4n) is 1.81. The summed E-state index contributed by atoms with van der Waals surface area (Å²) in [6.07, 6.45) is 0. The van der Waals surface area contributed by atoms with Crippen LogP contribution >= 0.6 is 23.2 Å². The monoisotopic (exact) mass is 342 g/mol. The van der Waals surface area contributed by atoms with Crippen LogP contribution in [0.4, 0.5) is 0 Å². The molecule has 0 atom stereocenters. The molecule has 0 fully saturated rings. The zero-order chi connectivity index (χ0) is 16.4. The van der Waals surface area contributed by atoms with Gasteiger partial charge in [0, 0.05) is 30.2 Å². The van der Waals surface area contributed by atoms with Crippen LogP contribution in [0.25, 0.3) is 0 Å². The number of halogens is 2. The number of aromatic nitrogens is 2. The van der Waals surface area contributed by atoms with E-state index < -0.39 is 17.2 Å². The van der Waals surface area contributed by atoms with E-state index >= 15 is 0 Å². The first-order valence-corrected chi connectivity index (χ1v) is 6.94. The number of carbonyl (C=O) groups is 1. The van der Waals surface area contributed by atoms with Crippen LogP contribution in [0.1, 0.15) is 16.1 Å². The normalized spacial score (nSPS) is 10.5. The van der Waals surface area contributed by atoms with Gasteiger partial charge in [0.15, 0.2) is 0 Å². The lowest BCUT2D eigenvalue weighted by atomic mass is 10.2. The van der Waals surface area contributed by atoms with Crippen molar-refractivity contribution in [2.75, 3.05) is 0 Å². The van der Waals surface area contributed by atoms with Gasteiger partial charge in [-0.15, -0.1) is 0 Å². The number of benzene rings is 1. The van der Waals surface area contributed by atoms with Gasteiger partial charge in [0.1, 0.15) is 6.61 Å². The smallest absolute Gasteiger partial charge is 0.338 e. The number of nitrogens with zero attached hydrogens (tertiary/aromatic N) is 2. The quantitative estimate of drug-likeness (QED) is 0.796. The van der Waals surface area contributed by atoms with Crippen molar-refractivity contribution in [3.8, 4) is 0 Å². The lowest BCUT2D eigenvalue weighted by molar-refractivity contribution is 0.0462. The highest BCUT2D eigenvalue weighted by atomic mass is 35.5. The van der Waals surface area contributed by atoms with Crippen LogP contribution in [0.5, 0.6) is 0 Å². The summed E-state index contributed by atoms with van der Waals surface area (Å²) in [5.74, 6) is -0.655. The van der Waals surface area contributed by atoms with Crippen LogP contribution in [0, 0.1) is 0 Å². The zero-order valence-electron chi connectivity index (χ0n) is 11.8. The van der Waals surface area contributed by atoms with Gasteiger partial charge in [-0.05, 0) is 18.2 Å². The van der Waals surface area contributed by atoms with Gasteiger partial charge in [-0.1, -0.05) is 23.2 Å². The molecular weight excluding hydrogens is 331 g/mol. The average molecular weight is 343 g/mol. The summed E-state index contributed by atoms with van der Waals surface area (Å²) in [5, 5.41) is 0.612. The zero-order valence-corrected chi connectivity index (χ0v) is 13.3. The summed E-state index contributed by atoms with van der Waals surface area (Å²) in [5.41, 5.74) is -0.495. The standard InChI is InChI=1S/C14H12Cl2N2O4/c1-17-11(6-12(19)18(2)14(17)21)7-22-13(20)8-3-9(15)5-10(16)4-8/h3-6H,7H2,1-2H3. The van der Waals surface area contributed by atoms with E-state index in [0.717, 1.165) is 4.57 Å². The molecule has 1 aromatic heterocycles. The number of ether oxygens (including phenoxy) is 1. The molecule has 0 aliphatic carbocycles. The van der Waals surface area contributed by atoms with Crippen molar-refractivity contribution in [1.82, 2.24) is 9.13 Å². The minimum absolute atomic E-state index is 0.186. The Morgan fingerprint density at radius 2 is 1.64 bits per heavy atom. The number of hydrogen-bond donors (Lipinski definition) is 0. The average Bonchev–Trinajstić information content (AvgIpc) is 2.46. The predicted molar refractivity (Wildman–Crippen MR) is 82.5 cm³/mol. The van der Waals surface area contributed by atoms with Gasteiger partial charge >= 0.3 is 11.7 Å². The SMILES string of the molecule is Cn1c(COC(=O)c2cc(Cl)cc(Cl)c2)cc(=O)n(C)c1=O. The molecule has 8 heteroatoms. The molecule has 0 aliphatic rings. The second-order valence-electron chi connectivity index (χ2n) is 4.61. The van der Waals surface area contributed by atoms with Gasteiger partial charge in [-0.25, -0.2) is 9.59 Å². The maximum Gasteiger partial charge on any atom is 0.338 e. The highest BCUT2D eigenvalue weighted by Gasteiger charge is 2.12. The van der Waals surface area contributed by atoms with Crippen molar-refractivity contribution < 1.29 is 9.53 Å². The highest BCUT2D eigenvalue weighted by Crippen LogP contribution is 2.19. The predicted octanol–water partition coefficient (Wildman–Crippen LogP) is 1.75. The molecule has 0 N–H and O–H groups in total. The summed E-state index contributed by atoms with van der Waals surface area (Å²) < 4.78 is 7.29. The molecule has 0 unspecified atom stereocenters. The Morgan fingerprint density at radius 3 is 2.23 bits per heavy atom. The number of carbonyl (C=O) groups excluding carboxylic acids is 1. The molecule has 0 bridgehead atoms. The van der Waals surface area contributed by atoms with Crippen LogP contribution in [0.15, 0.2) is 33.9 Å². The molecule has 0 aliphatic heterocycles. The Kier molecular flexibility index (Phi) is 4.73. The molecule has 0 radical (unpaired) electrons. The molecular formula is C14H12Cl2N2O4. The molecule has 116 valence electrons. The molecule has 0 saturated heterocycles. The largest absolute Gasteiger partial charge is 0.456 e. The Morgan fingerprint density at radius 1 is 1.05 bits per heavy atom. The minimum atomic E-state index is -0.655. The van der Waals surface area contributed by atoms with E-state index in [1.807, 2.05) is 0 Å². The van der Waals surface area contributed by atoms with Crippen molar-refractivity contribution in [2.45, 2.75) is 6.61 Å². The van der Waals surface area contributed by atoms with Gasteiger partial charge in [0.05, 0.1) is 11.3 Å². The summed E-state index contributed by atoms with van der Waals surface area (Å²) in [7, 11) is 2.86. The third-order valence-electron chi connectivity index (χ3n) is 3.07. The van der Waals surface area contributed by atoms with E-state index in [9.17, 15) is 14.4 Å².